The van der Waals surface area contributed by atoms with Gasteiger partial charge < -0.3 is 15.3 Å². The Bertz CT molecular complexity index is 1020. The second-order valence-electron chi connectivity index (χ2n) is 8.62. The molecule has 4 heterocycles. The molecule has 5 rings (SSSR count). The number of aromatic amines is 1. The molecular formula is C23H28N6O. The molecule has 2 aliphatic heterocycles. The fourth-order valence-corrected chi connectivity index (χ4v) is 4.96. The molecule has 7 heteroatoms. The van der Waals surface area contributed by atoms with Crippen molar-refractivity contribution in [3.05, 3.63) is 42.2 Å². The average Bonchev–Trinajstić information content (AvgIpc) is 3.19. The number of phenolic OH excluding ortho intramolecular Hbond substituents is 1. The van der Waals surface area contributed by atoms with Crippen LogP contribution < -0.4 is 10.2 Å². The van der Waals surface area contributed by atoms with Crippen molar-refractivity contribution in [2.75, 3.05) is 11.9 Å². The largest absolute Gasteiger partial charge is 0.507 e. The first-order valence-corrected chi connectivity index (χ1v) is 10.7. The van der Waals surface area contributed by atoms with Crippen molar-refractivity contribution in [3.8, 4) is 28.1 Å². The molecule has 0 radical (unpaired) electrons. The smallest absolute Gasteiger partial charge is 0.151 e. The van der Waals surface area contributed by atoms with Crippen molar-refractivity contribution in [3.63, 3.8) is 0 Å². The molecule has 0 amide bonds. The van der Waals surface area contributed by atoms with Crippen LogP contribution in [0.4, 0.5) is 5.82 Å². The van der Waals surface area contributed by atoms with Gasteiger partial charge in [-0.1, -0.05) is 12.5 Å². The number of aromatic nitrogens is 4. The van der Waals surface area contributed by atoms with Crippen molar-refractivity contribution in [2.45, 2.75) is 57.2 Å². The Morgan fingerprint density at radius 2 is 1.83 bits per heavy atom. The van der Waals surface area contributed by atoms with Gasteiger partial charge in [-0.3, -0.25) is 5.10 Å². The Hall–Kier alpha value is -2.93. The van der Waals surface area contributed by atoms with Crippen LogP contribution in [0, 0.1) is 6.92 Å². The first-order valence-electron chi connectivity index (χ1n) is 10.7. The van der Waals surface area contributed by atoms with E-state index in [4.69, 9.17) is 0 Å². The summed E-state index contributed by atoms with van der Waals surface area (Å²) in [6, 6.07) is 11.3. The molecule has 0 spiro atoms. The van der Waals surface area contributed by atoms with Gasteiger partial charge in [-0.2, -0.15) is 5.10 Å². The molecule has 3 atom stereocenters. The number of aryl methyl sites for hydroxylation is 1. The number of anilines is 1. The SMILES string of the molecule is Cc1n[nH]cc1-c1ccc(-c2ccc(N(C)[C@@H]3C[C@H]4CCC[C@@H](C3)N4)nn2)c(O)c1. The molecule has 0 unspecified atom stereocenters. The van der Waals surface area contributed by atoms with Gasteiger partial charge in [0.15, 0.2) is 5.82 Å². The lowest BCUT2D eigenvalue weighted by Gasteiger charge is -2.43. The highest BCUT2D eigenvalue weighted by molar-refractivity contribution is 5.75. The van der Waals surface area contributed by atoms with E-state index in [0.29, 0.717) is 29.4 Å². The maximum atomic E-state index is 10.6. The predicted octanol–water partition coefficient (Wildman–Crippen LogP) is 3.66. The van der Waals surface area contributed by atoms with Gasteiger partial charge in [0.05, 0.1) is 11.4 Å². The Morgan fingerprint density at radius 3 is 2.47 bits per heavy atom. The van der Waals surface area contributed by atoms with Crippen molar-refractivity contribution >= 4 is 5.82 Å². The topological polar surface area (TPSA) is 90.0 Å². The Balaban J connectivity index is 1.34. The van der Waals surface area contributed by atoms with E-state index in [1.165, 1.54) is 19.3 Å². The summed E-state index contributed by atoms with van der Waals surface area (Å²) in [6.45, 7) is 1.94. The summed E-state index contributed by atoms with van der Waals surface area (Å²) in [6.07, 6.45) is 8.05. The van der Waals surface area contributed by atoms with E-state index in [-0.39, 0.29) is 5.75 Å². The third-order valence-electron chi connectivity index (χ3n) is 6.66. The molecule has 2 bridgehead atoms. The van der Waals surface area contributed by atoms with Crippen LogP contribution in [0.25, 0.3) is 22.4 Å². The third kappa shape index (κ3) is 3.54. The number of benzene rings is 1. The van der Waals surface area contributed by atoms with Crippen LogP contribution in [0.2, 0.25) is 0 Å². The van der Waals surface area contributed by atoms with E-state index in [9.17, 15) is 5.11 Å². The van der Waals surface area contributed by atoms with Gasteiger partial charge in [0.2, 0.25) is 0 Å². The molecule has 0 saturated carbocycles. The van der Waals surface area contributed by atoms with Crippen molar-refractivity contribution < 1.29 is 5.11 Å². The van der Waals surface area contributed by atoms with Crippen LogP contribution in [-0.4, -0.2) is 50.7 Å². The van der Waals surface area contributed by atoms with Crippen LogP contribution in [0.5, 0.6) is 5.75 Å². The average molecular weight is 405 g/mol. The number of fused-ring (bicyclic) bond motifs is 2. The lowest BCUT2D eigenvalue weighted by molar-refractivity contribution is 0.219. The zero-order valence-electron chi connectivity index (χ0n) is 17.5. The number of rotatable bonds is 4. The van der Waals surface area contributed by atoms with Crippen molar-refractivity contribution in [1.82, 2.24) is 25.7 Å². The Labute approximate surface area is 176 Å². The quantitative estimate of drug-likeness (QED) is 0.615. The highest BCUT2D eigenvalue weighted by Crippen LogP contribution is 2.34. The molecule has 30 heavy (non-hydrogen) atoms. The monoisotopic (exact) mass is 404 g/mol. The van der Waals surface area contributed by atoms with Gasteiger partial charge in [-0.15, -0.1) is 10.2 Å². The molecule has 156 valence electrons. The van der Waals surface area contributed by atoms with E-state index in [1.54, 1.807) is 6.07 Å². The summed E-state index contributed by atoms with van der Waals surface area (Å²) in [7, 11) is 2.12. The Kier molecular flexibility index (Phi) is 4.90. The highest BCUT2D eigenvalue weighted by atomic mass is 16.3. The standard InChI is InChI=1S/C23H28N6O/c1-14-20(13-24-26-14)15-6-7-19(22(30)10-15)21-8-9-23(28-27-21)29(2)18-11-16-4-3-5-17(12-18)25-16/h6-10,13,16-18,25,30H,3-5,11-12H2,1-2H3,(H,24,26)/t16-,17+,18-. The minimum Gasteiger partial charge on any atom is -0.507 e. The number of nitrogens with one attached hydrogen (secondary N) is 2. The molecule has 7 nitrogen and oxygen atoms in total. The maximum Gasteiger partial charge on any atom is 0.151 e. The van der Waals surface area contributed by atoms with Gasteiger partial charge >= 0.3 is 0 Å². The molecule has 3 aromatic rings. The van der Waals surface area contributed by atoms with Crippen molar-refractivity contribution in [2.24, 2.45) is 0 Å². The van der Waals surface area contributed by atoms with Crippen LogP contribution in [0.15, 0.2) is 36.5 Å². The van der Waals surface area contributed by atoms with Crippen LogP contribution in [0.3, 0.4) is 0 Å². The highest BCUT2D eigenvalue weighted by Gasteiger charge is 2.33. The summed E-state index contributed by atoms with van der Waals surface area (Å²) in [5.74, 6) is 1.07. The number of aromatic hydroxyl groups is 1. The fourth-order valence-electron chi connectivity index (χ4n) is 4.96. The van der Waals surface area contributed by atoms with Gasteiger partial charge in [-0.25, -0.2) is 0 Å². The molecule has 2 aliphatic rings. The van der Waals surface area contributed by atoms with E-state index >= 15 is 0 Å². The van der Waals surface area contributed by atoms with Crippen LogP contribution in [0.1, 0.15) is 37.8 Å². The summed E-state index contributed by atoms with van der Waals surface area (Å²) in [5, 5.41) is 30.2. The molecule has 3 N–H and O–H groups in total. The van der Waals surface area contributed by atoms with Gasteiger partial charge in [0.1, 0.15) is 5.75 Å². The van der Waals surface area contributed by atoms with E-state index in [1.807, 2.05) is 37.4 Å². The van der Waals surface area contributed by atoms with Gasteiger partial charge in [0.25, 0.3) is 0 Å². The zero-order valence-corrected chi connectivity index (χ0v) is 17.5. The summed E-state index contributed by atoms with van der Waals surface area (Å²) >= 11 is 0. The number of hydrogen-bond donors (Lipinski definition) is 3. The van der Waals surface area contributed by atoms with E-state index < -0.39 is 0 Å². The zero-order chi connectivity index (χ0) is 20.7. The summed E-state index contributed by atoms with van der Waals surface area (Å²) in [4.78, 5) is 2.27. The lowest BCUT2D eigenvalue weighted by Crippen LogP contribution is -2.54. The maximum absolute atomic E-state index is 10.6. The summed E-state index contributed by atoms with van der Waals surface area (Å²) in [5.41, 5.74) is 4.14. The second kappa shape index (κ2) is 7.72. The third-order valence-corrected chi connectivity index (χ3v) is 6.66. The predicted molar refractivity (Wildman–Crippen MR) is 117 cm³/mol. The second-order valence-corrected chi connectivity index (χ2v) is 8.62. The van der Waals surface area contributed by atoms with Crippen LogP contribution in [-0.2, 0) is 0 Å². The number of piperidine rings is 2. The first kappa shape index (κ1) is 19.1. The fraction of sp³-hybridized carbons (Fsp3) is 0.435. The minimum absolute atomic E-state index is 0.190. The number of phenols is 1. The molecule has 2 fully saturated rings. The Morgan fingerprint density at radius 1 is 1.03 bits per heavy atom. The first-order chi connectivity index (χ1) is 14.6. The molecule has 2 aromatic heterocycles. The van der Waals surface area contributed by atoms with E-state index in [2.05, 4.69) is 37.7 Å². The van der Waals surface area contributed by atoms with Gasteiger partial charge in [-0.05, 0) is 62.4 Å². The van der Waals surface area contributed by atoms with E-state index in [0.717, 1.165) is 35.5 Å². The minimum atomic E-state index is 0.190. The van der Waals surface area contributed by atoms with Crippen molar-refractivity contribution in [1.29, 1.82) is 0 Å². The molecule has 1 aromatic carbocycles. The lowest BCUT2D eigenvalue weighted by atomic mass is 9.83. The molecule has 2 saturated heterocycles. The number of hydrogen-bond acceptors (Lipinski definition) is 6. The van der Waals surface area contributed by atoms with Gasteiger partial charge in [0, 0.05) is 42.5 Å². The normalized spacial score (nSPS) is 23.3. The van der Waals surface area contributed by atoms with Crippen LogP contribution >= 0.6 is 0 Å². The number of nitrogens with zero attached hydrogens (tertiary/aromatic N) is 4. The summed E-state index contributed by atoms with van der Waals surface area (Å²) < 4.78 is 0. The molecular weight excluding hydrogens is 376 g/mol. The number of H-pyrrole nitrogens is 1. The molecule has 0 aliphatic carbocycles.